The zero-order valence-electron chi connectivity index (χ0n) is 14.2. The number of benzene rings is 1. The first-order chi connectivity index (χ1) is 10.9. The number of carbonyl (C=O) groups is 1. The summed E-state index contributed by atoms with van der Waals surface area (Å²) in [7, 11) is 1.88. The van der Waals surface area contributed by atoms with Gasteiger partial charge in [0.2, 0.25) is 0 Å². The molecule has 2 N–H and O–H groups in total. The van der Waals surface area contributed by atoms with E-state index in [0.29, 0.717) is 5.56 Å². The van der Waals surface area contributed by atoms with Crippen LogP contribution in [0.25, 0.3) is 10.9 Å². The van der Waals surface area contributed by atoms with Crippen molar-refractivity contribution in [3.05, 3.63) is 52.5 Å². The van der Waals surface area contributed by atoms with Crippen LogP contribution in [-0.2, 0) is 7.05 Å². The summed E-state index contributed by atoms with van der Waals surface area (Å²) in [5.74, 6) is -0.0686. The molecule has 0 aliphatic carbocycles. The highest BCUT2D eigenvalue weighted by Gasteiger charge is 2.16. The maximum absolute atomic E-state index is 12.6. The summed E-state index contributed by atoms with van der Waals surface area (Å²) < 4.78 is 1.77. The molecule has 5 heteroatoms. The zero-order chi connectivity index (χ0) is 16.7. The molecular formula is C18H22N4O. The lowest BCUT2D eigenvalue weighted by Crippen LogP contribution is -2.26. The molecule has 3 aromatic rings. The van der Waals surface area contributed by atoms with Crippen molar-refractivity contribution in [1.82, 2.24) is 20.1 Å². The maximum atomic E-state index is 12.6. The van der Waals surface area contributed by atoms with Crippen LogP contribution in [0.4, 0.5) is 0 Å². The van der Waals surface area contributed by atoms with Gasteiger partial charge in [-0.1, -0.05) is 0 Å². The van der Waals surface area contributed by atoms with E-state index in [1.807, 2.05) is 52.2 Å². The van der Waals surface area contributed by atoms with E-state index in [1.165, 1.54) is 5.56 Å². The average Bonchev–Trinajstić information content (AvgIpc) is 2.98. The first-order valence-corrected chi connectivity index (χ1v) is 7.76. The van der Waals surface area contributed by atoms with E-state index in [-0.39, 0.29) is 11.9 Å². The summed E-state index contributed by atoms with van der Waals surface area (Å²) in [6.45, 7) is 8.04. The molecule has 1 atom stereocenters. The Morgan fingerprint density at radius 2 is 2.04 bits per heavy atom. The van der Waals surface area contributed by atoms with Gasteiger partial charge in [0, 0.05) is 41.0 Å². The number of rotatable bonds is 3. The number of hydrogen-bond donors (Lipinski definition) is 2. The average molecular weight is 310 g/mol. The van der Waals surface area contributed by atoms with Crippen molar-refractivity contribution in [2.45, 2.75) is 33.7 Å². The zero-order valence-corrected chi connectivity index (χ0v) is 14.2. The molecule has 1 aromatic carbocycles. The molecule has 5 nitrogen and oxygen atoms in total. The minimum absolute atomic E-state index is 0.0686. The maximum Gasteiger partial charge on any atom is 0.251 e. The monoisotopic (exact) mass is 310 g/mol. The van der Waals surface area contributed by atoms with Crippen molar-refractivity contribution in [3.63, 3.8) is 0 Å². The van der Waals surface area contributed by atoms with Gasteiger partial charge in [-0.15, -0.1) is 0 Å². The summed E-state index contributed by atoms with van der Waals surface area (Å²) in [5.41, 5.74) is 6.03. The molecule has 120 valence electrons. The predicted octanol–water partition coefficient (Wildman–Crippen LogP) is 3.32. The lowest BCUT2D eigenvalue weighted by atomic mass is 10.1. The largest absolute Gasteiger partial charge is 0.358 e. The normalized spacial score (nSPS) is 12.6. The van der Waals surface area contributed by atoms with Gasteiger partial charge in [-0.25, -0.2) is 0 Å². The van der Waals surface area contributed by atoms with Crippen LogP contribution in [0.3, 0.4) is 0 Å². The van der Waals surface area contributed by atoms with Gasteiger partial charge in [-0.05, 0) is 51.5 Å². The van der Waals surface area contributed by atoms with Crippen molar-refractivity contribution < 1.29 is 4.79 Å². The first-order valence-electron chi connectivity index (χ1n) is 7.76. The Bertz CT molecular complexity index is 888. The van der Waals surface area contributed by atoms with Crippen LogP contribution in [0.5, 0.6) is 0 Å². The van der Waals surface area contributed by atoms with E-state index < -0.39 is 0 Å². The summed E-state index contributed by atoms with van der Waals surface area (Å²) in [4.78, 5) is 15.9. The molecule has 0 bridgehead atoms. The van der Waals surface area contributed by atoms with Crippen LogP contribution in [-0.4, -0.2) is 20.7 Å². The molecule has 0 radical (unpaired) electrons. The van der Waals surface area contributed by atoms with E-state index >= 15 is 0 Å². The summed E-state index contributed by atoms with van der Waals surface area (Å²) in [5, 5.41) is 8.48. The lowest BCUT2D eigenvalue weighted by molar-refractivity contribution is 0.0940. The van der Waals surface area contributed by atoms with Gasteiger partial charge in [-0.3, -0.25) is 9.48 Å². The van der Waals surface area contributed by atoms with Crippen molar-refractivity contribution in [1.29, 1.82) is 0 Å². The second-order valence-corrected chi connectivity index (χ2v) is 6.17. The Morgan fingerprint density at radius 1 is 1.30 bits per heavy atom. The minimum atomic E-state index is -0.0824. The molecule has 2 heterocycles. The number of aromatic nitrogens is 3. The Morgan fingerprint density at radius 3 is 2.70 bits per heavy atom. The summed E-state index contributed by atoms with van der Waals surface area (Å²) in [6, 6.07) is 5.69. The highest BCUT2D eigenvalue weighted by molar-refractivity contribution is 5.99. The minimum Gasteiger partial charge on any atom is -0.358 e. The van der Waals surface area contributed by atoms with Gasteiger partial charge in [0.15, 0.2) is 0 Å². The number of nitrogens with zero attached hydrogens (tertiary/aromatic N) is 2. The van der Waals surface area contributed by atoms with Gasteiger partial charge >= 0.3 is 0 Å². The van der Waals surface area contributed by atoms with Gasteiger partial charge in [0.1, 0.15) is 0 Å². The molecule has 0 aliphatic rings. The molecule has 2 aromatic heterocycles. The highest BCUT2D eigenvalue weighted by Crippen LogP contribution is 2.23. The third-order valence-corrected chi connectivity index (χ3v) is 4.44. The van der Waals surface area contributed by atoms with Gasteiger partial charge in [-0.2, -0.15) is 5.10 Å². The number of nitrogens with one attached hydrogen (secondary N) is 2. The number of amides is 1. The molecule has 1 amide bonds. The van der Waals surface area contributed by atoms with Crippen LogP contribution < -0.4 is 5.32 Å². The van der Waals surface area contributed by atoms with Crippen LogP contribution in [0.15, 0.2) is 24.4 Å². The van der Waals surface area contributed by atoms with Gasteiger partial charge in [0.25, 0.3) is 5.91 Å². The standard InChI is InChI=1S/C18H22N4O/c1-10-11(2)19-17-7-6-14(8-15(10)17)18(23)20-12(3)16-9-22(5)21-13(16)4/h6-9,12,19H,1-5H3,(H,20,23). The van der Waals surface area contributed by atoms with Crippen molar-refractivity contribution in [3.8, 4) is 0 Å². The third-order valence-electron chi connectivity index (χ3n) is 4.44. The topological polar surface area (TPSA) is 62.7 Å². The molecule has 0 saturated heterocycles. The summed E-state index contributed by atoms with van der Waals surface area (Å²) >= 11 is 0. The fourth-order valence-corrected chi connectivity index (χ4v) is 3.00. The quantitative estimate of drug-likeness (QED) is 0.779. The lowest BCUT2D eigenvalue weighted by Gasteiger charge is -2.13. The molecule has 23 heavy (non-hydrogen) atoms. The van der Waals surface area contributed by atoms with Crippen LogP contribution in [0.2, 0.25) is 0 Å². The van der Waals surface area contributed by atoms with Crippen LogP contribution in [0.1, 0.15) is 45.8 Å². The van der Waals surface area contributed by atoms with Gasteiger partial charge in [0.05, 0.1) is 11.7 Å². The number of carbonyl (C=O) groups excluding carboxylic acids is 1. The van der Waals surface area contributed by atoms with E-state index in [0.717, 1.165) is 27.9 Å². The van der Waals surface area contributed by atoms with Crippen LogP contribution in [0, 0.1) is 20.8 Å². The van der Waals surface area contributed by atoms with Crippen molar-refractivity contribution >= 4 is 16.8 Å². The first kappa shape index (κ1) is 15.3. The third kappa shape index (κ3) is 2.74. The molecule has 1 unspecified atom stereocenters. The van der Waals surface area contributed by atoms with Crippen molar-refractivity contribution in [2.24, 2.45) is 7.05 Å². The molecule has 3 rings (SSSR count). The summed E-state index contributed by atoms with van der Waals surface area (Å²) in [6.07, 6.45) is 1.95. The Kier molecular flexibility index (Phi) is 3.72. The predicted molar refractivity (Wildman–Crippen MR) is 91.6 cm³/mol. The second-order valence-electron chi connectivity index (χ2n) is 6.17. The number of aryl methyl sites for hydroxylation is 4. The molecule has 0 saturated carbocycles. The van der Waals surface area contributed by atoms with Crippen LogP contribution >= 0.6 is 0 Å². The smallest absolute Gasteiger partial charge is 0.251 e. The fraction of sp³-hybridized carbons (Fsp3) is 0.333. The van der Waals surface area contributed by atoms with E-state index in [9.17, 15) is 4.79 Å². The number of hydrogen-bond acceptors (Lipinski definition) is 2. The number of H-pyrrole nitrogens is 1. The van der Waals surface area contributed by atoms with Crippen molar-refractivity contribution in [2.75, 3.05) is 0 Å². The Hall–Kier alpha value is -2.56. The molecule has 0 spiro atoms. The molecule has 0 fully saturated rings. The van der Waals surface area contributed by atoms with E-state index in [2.05, 4.69) is 22.3 Å². The number of fused-ring (bicyclic) bond motifs is 1. The second kappa shape index (κ2) is 5.57. The van der Waals surface area contributed by atoms with E-state index in [4.69, 9.17) is 0 Å². The van der Waals surface area contributed by atoms with Gasteiger partial charge < -0.3 is 10.3 Å². The number of aromatic amines is 1. The SMILES string of the molecule is Cc1nn(C)cc1C(C)NC(=O)c1ccc2[nH]c(C)c(C)c2c1. The fourth-order valence-electron chi connectivity index (χ4n) is 3.00. The van der Waals surface area contributed by atoms with E-state index in [1.54, 1.807) is 4.68 Å². The molecular weight excluding hydrogens is 288 g/mol. The Balaban J connectivity index is 1.85. The highest BCUT2D eigenvalue weighted by atomic mass is 16.1. The molecule has 0 aliphatic heterocycles. The Labute approximate surface area is 135 Å².